The summed E-state index contributed by atoms with van der Waals surface area (Å²) in [4.78, 5) is 71.2. The van der Waals surface area contributed by atoms with Gasteiger partial charge in [0, 0.05) is 72.2 Å². The number of aromatic nitrogens is 4. The van der Waals surface area contributed by atoms with E-state index in [9.17, 15) is 19.2 Å². The van der Waals surface area contributed by atoms with E-state index in [4.69, 9.17) is 18.8 Å². The van der Waals surface area contributed by atoms with Gasteiger partial charge in [0.15, 0.2) is 0 Å². The molecule has 4 aromatic heterocycles. The average Bonchev–Trinajstić information content (AvgIpc) is 3.73. The normalized spacial score (nSPS) is 13.3. The van der Waals surface area contributed by atoms with Crippen molar-refractivity contribution >= 4 is 55.4 Å². The Morgan fingerprint density at radius 1 is 0.451 bits per heavy atom. The van der Waals surface area contributed by atoms with Gasteiger partial charge >= 0.3 is 11.3 Å². The standard InChI is InChI=1S/C70H92N6O6/c1-9-17-27-49(13-5)45-73(46-50(14-6)28-18-10-2)67(77)55-35-37-59-57(41-55)69(79)81-65(71-59)63-43-53-31-21-23-33-61(53)75(63)39-25-26-40-76-62-34-24-22-32-54(62)44-64(76)66-72-60-38-36-56(42-58(60)70(80)82-66)68(78)74(47-51(15-7)29-19-11-3)48-52(16-8)30-20-12-4/h21-24,31-38,41-44,49-52H,9-20,25-30,39-40,45-48H2,1-8H3. The fraction of sp³-hybridized carbons (Fsp3) is 0.514. The molecule has 438 valence electrons. The van der Waals surface area contributed by atoms with Crippen LogP contribution in [0, 0.1) is 23.7 Å². The van der Waals surface area contributed by atoms with E-state index < -0.39 is 11.3 Å². The minimum atomic E-state index is -0.528. The van der Waals surface area contributed by atoms with Crippen molar-refractivity contribution in [1.29, 1.82) is 0 Å². The molecular weight excluding hydrogens is 1020 g/mol. The molecule has 0 N–H and O–H groups in total. The van der Waals surface area contributed by atoms with Crippen molar-refractivity contribution in [2.45, 2.75) is 184 Å². The van der Waals surface area contributed by atoms with Crippen LogP contribution in [0.1, 0.15) is 192 Å². The number of rotatable bonds is 33. The first-order chi connectivity index (χ1) is 39.9. The Morgan fingerprint density at radius 3 is 1.12 bits per heavy atom. The van der Waals surface area contributed by atoms with Crippen molar-refractivity contribution < 1.29 is 18.4 Å². The smallest absolute Gasteiger partial charge is 0.347 e. The molecule has 0 spiro atoms. The Kier molecular flexibility index (Phi) is 22.4. The van der Waals surface area contributed by atoms with Crippen molar-refractivity contribution in [3.8, 4) is 23.2 Å². The lowest BCUT2D eigenvalue weighted by atomic mass is 9.95. The Bertz CT molecular complexity index is 3230. The highest BCUT2D eigenvalue weighted by Crippen LogP contribution is 2.32. The predicted molar refractivity (Wildman–Crippen MR) is 337 cm³/mol. The second-order valence-electron chi connectivity index (χ2n) is 23.4. The molecule has 4 aromatic carbocycles. The van der Waals surface area contributed by atoms with Crippen LogP contribution in [0.25, 0.3) is 66.8 Å². The van der Waals surface area contributed by atoms with E-state index in [1.165, 1.54) is 0 Å². The fourth-order valence-corrected chi connectivity index (χ4v) is 12.2. The number of amides is 2. The molecule has 12 heteroatoms. The topological polar surface area (TPSA) is 137 Å². The Hall–Kier alpha value is -6.82. The number of benzene rings is 4. The average molecular weight is 1110 g/mol. The molecule has 2 amide bonds. The second kappa shape index (κ2) is 29.9. The lowest BCUT2D eigenvalue weighted by Crippen LogP contribution is -2.39. The third kappa shape index (κ3) is 14.9. The molecule has 0 aliphatic rings. The summed E-state index contributed by atoms with van der Waals surface area (Å²) < 4.78 is 16.6. The summed E-state index contributed by atoms with van der Waals surface area (Å²) in [6, 6.07) is 30.9. The number of unbranched alkanes of at least 4 members (excludes halogenated alkanes) is 5. The third-order valence-electron chi connectivity index (χ3n) is 17.5. The summed E-state index contributed by atoms with van der Waals surface area (Å²) in [5.41, 5.74) is 4.26. The van der Waals surface area contributed by atoms with Gasteiger partial charge in [-0.15, -0.1) is 0 Å². The van der Waals surface area contributed by atoms with Crippen LogP contribution in [0.2, 0.25) is 0 Å². The summed E-state index contributed by atoms with van der Waals surface area (Å²) in [6.07, 6.45) is 19.0. The van der Waals surface area contributed by atoms with Crippen molar-refractivity contribution in [2.75, 3.05) is 26.2 Å². The Morgan fingerprint density at radius 2 is 0.793 bits per heavy atom. The first-order valence-corrected chi connectivity index (χ1v) is 31.6. The molecule has 8 aromatic rings. The van der Waals surface area contributed by atoms with Gasteiger partial charge in [-0.1, -0.05) is 169 Å². The van der Waals surface area contributed by atoms with Gasteiger partial charge in [-0.2, -0.15) is 0 Å². The zero-order valence-electron chi connectivity index (χ0n) is 50.7. The number of nitrogens with zero attached hydrogens (tertiary/aromatic N) is 6. The van der Waals surface area contributed by atoms with E-state index in [2.05, 4.69) is 98.6 Å². The van der Waals surface area contributed by atoms with Crippen LogP contribution in [0.15, 0.2) is 115 Å². The van der Waals surface area contributed by atoms with Crippen LogP contribution < -0.4 is 11.3 Å². The highest BCUT2D eigenvalue weighted by Gasteiger charge is 2.27. The molecule has 0 saturated carbocycles. The second-order valence-corrected chi connectivity index (χ2v) is 23.4. The summed E-state index contributed by atoms with van der Waals surface area (Å²) in [7, 11) is 0. The van der Waals surface area contributed by atoms with Gasteiger partial charge in [0.1, 0.15) is 11.4 Å². The molecule has 0 saturated heterocycles. The first-order valence-electron chi connectivity index (χ1n) is 31.6. The van der Waals surface area contributed by atoms with Gasteiger partial charge in [-0.3, -0.25) is 9.59 Å². The Labute approximate surface area is 486 Å². The highest BCUT2D eigenvalue weighted by molar-refractivity contribution is 5.99. The fourth-order valence-electron chi connectivity index (χ4n) is 12.2. The van der Waals surface area contributed by atoms with E-state index in [0.29, 0.717) is 96.5 Å². The lowest BCUT2D eigenvalue weighted by Gasteiger charge is -2.31. The number of carbonyl (C=O) groups is 2. The molecule has 0 fully saturated rings. The molecule has 4 atom stereocenters. The van der Waals surface area contributed by atoms with Gasteiger partial charge in [-0.05, 0) is 123 Å². The molecule has 0 aliphatic carbocycles. The maximum Gasteiger partial charge on any atom is 0.347 e. The first kappa shape index (κ1) is 61.3. The van der Waals surface area contributed by atoms with Crippen LogP contribution in [-0.4, -0.2) is 66.9 Å². The molecule has 4 unspecified atom stereocenters. The predicted octanol–water partition coefficient (Wildman–Crippen LogP) is 17.2. The van der Waals surface area contributed by atoms with Crippen LogP contribution in [0.5, 0.6) is 0 Å². The molecule has 82 heavy (non-hydrogen) atoms. The SMILES string of the molecule is CCCCC(CC)CN(CC(CC)CCCC)C(=O)c1ccc2nc(-c3cc4ccccc4n3CCCCn3c(-c4nc5ccc(C(=O)N(CC(CC)CCCC)CC(CC)CCCC)cc5c(=O)o4)cc4ccccc43)oc(=O)c2c1. The molecule has 12 nitrogen and oxygen atoms in total. The number of hydrogen-bond acceptors (Lipinski definition) is 8. The Balaban J connectivity index is 1.03. The van der Waals surface area contributed by atoms with E-state index in [0.717, 1.165) is 137 Å². The third-order valence-corrected chi connectivity index (χ3v) is 17.5. The largest absolute Gasteiger partial charge is 0.401 e. The lowest BCUT2D eigenvalue weighted by molar-refractivity contribution is 0.0678. The van der Waals surface area contributed by atoms with Gasteiger partial charge in [0.05, 0.1) is 21.8 Å². The molecule has 8 rings (SSSR count). The van der Waals surface area contributed by atoms with Gasteiger partial charge in [0.25, 0.3) is 11.8 Å². The van der Waals surface area contributed by atoms with Crippen LogP contribution in [0.3, 0.4) is 0 Å². The highest BCUT2D eigenvalue weighted by atomic mass is 16.4. The van der Waals surface area contributed by atoms with Gasteiger partial charge in [-0.25, -0.2) is 19.6 Å². The minimum Gasteiger partial charge on any atom is -0.401 e. The molecule has 4 heterocycles. The zero-order valence-corrected chi connectivity index (χ0v) is 50.7. The van der Waals surface area contributed by atoms with Crippen LogP contribution >= 0.6 is 0 Å². The molecule has 0 bridgehead atoms. The molecule has 0 aliphatic heterocycles. The van der Waals surface area contributed by atoms with Crippen molar-refractivity contribution in [2.24, 2.45) is 23.7 Å². The summed E-state index contributed by atoms with van der Waals surface area (Å²) >= 11 is 0. The number of carbonyl (C=O) groups excluding carboxylic acids is 2. The van der Waals surface area contributed by atoms with Crippen LogP contribution in [0.4, 0.5) is 0 Å². The van der Waals surface area contributed by atoms with E-state index in [1.54, 1.807) is 24.3 Å². The number of hydrogen-bond donors (Lipinski definition) is 0. The van der Waals surface area contributed by atoms with Crippen molar-refractivity contribution in [3.63, 3.8) is 0 Å². The maximum absolute atomic E-state index is 14.5. The molecule has 0 radical (unpaired) electrons. The maximum atomic E-state index is 14.5. The zero-order chi connectivity index (χ0) is 58.1. The number of aryl methyl sites for hydroxylation is 2. The number of para-hydroxylation sites is 2. The molecular formula is C70H92N6O6. The van der Waals surface area contributed by atoms with E-state index >= 15 is 0 Å². The summed E-state index contributed by atoms with van der Waals surface area (Å²) in [6.45, 7) is 21.8. The summed E-state index contributed by atoms with van der Waals surface area (Å²) in [5.74, 6) is 2.03. The van der Waals surface area contributed by atoms with Gasteiger partial charge < -0.3 is 27.8 Å². The quantitative estimate of drug-likeness (QED) is 0.0371. The monoisotopic (exact) mass is 1110 g/mol. The van der Waals surface area contributed by atoms with Crippen molar-refractivity contribution in [1.82, 2.24) is 28.9 Å². The van der Waals surface area contributed by atoms with E-state index in [-0.39, 0.29) is 34.4 Å². The minimum absolute atomic E-state index is 0.0466. The summed E-state index contributed by atoms with van der Waals surface area (Å²) in [5, 5.41) is 2.58. The van der Waals surface area contributed by atoms with E-state index in [1.807, 2.05) is 48.5 Å². The van der Waals surface area contributed by atoms with Gasteiger partial charge in [0.2, 0.25) is 11.8 Å². The van der Waals surface area contributed by atoms with Crippen LogP contribution in [-0.2, 0) is 13.1 Å². The van der Waals surface area contributed by atoms with Crippen molar-refractivity contribution in [3.05, 3.63) is 129 Å². The number of fused-ring (bicyclic) bond motifs is 4.